The molecule has 0 bridgehead atoms. The number of aromatic nitrogens is 1. The summed E-state index contributed by atoms with van der Waals surface area (Å²) in [5.41, 5.74) is 11.5. The van der Waals surface area contributed by atoms with E-state index in [0.29, 0.717) is 17.0 Å². The van der Waals surface area contributed by atoms with E-state index in [-0.39, 0.29) is 0 Å². The van der Waals surface area contributed by atoms with Gasteiger partial charge in [0.05, 0.1) is 5.71 Å². The van der Waals surface area contributed by atoms with Crippen molar-refractivity contribution < 1.29 is 0 Å². The van der Waals surface area contributed by atoms with Crippen LogP contribution < -0.4 is 5.32 Å². The molecule has 0 aliphatic carbocycles. The number of rotatable bonds is 4. The number of nitrogens with one attached hydrogen (secondary N) is 2. The molecule has 2 rings (SSSR count). The molecule has 0 fully saturated rings. The van der Waals surface area contributed by atoms with Crippen LogP contribution in [0.1, 0.15) is 11.1 Å². The first-order valence-corrected chi connectivity index (χ1v) is 5.62. The maximum Gasteiger partial charge on any atom is 0.0706 e. The summed E-state index contributed by atoms with van der Waals surface area (Å²) in [5.74, 6) is 0. The first-order chi connectivity index (χ1) is 9.26. The topological polar surface area (TPSA) is 97.5 Å². The van der Waals surface area contributed by atoms with E-state index in [1.54, 1.807) is 49.8 Å². The summed E-state index contributed by atoms with van der Waals surface area (Å²) in [4.78, 5) is 6.69. The highest BCUT2D eigenvalue weighted by atomic mass is 15.1. The Morgan fingerprint density at radius 3 is 2.68 bits per heavy atom. The largest absolute Gasteiger partial charge is 0.388 e. The second kappa shape index (κ2) is 5.66. The van der Waals surface area contributed by atoms with Gasteiger partial charge < -0.3 is 5.32 Å². The SMILES string of the molecule is CNc1ccc(N=[N+]=[N-])cc1C(=N)c1ccncc1. The van der Waals surface area contributed by atoms with Crippen molar-refractivity contribution in [1.82, 2.24) is 4.98 Å². The third kappa shape index (κ3) is 2.70. The maximum absolute atomic E-state index is 8.47. The van der Waals surface area contributed by atoms with E-state index >= 15 is 0 Å². The standard InChI is InChI=1S/C13H12N6/c1-16-12-3-2-10(18-19-15)8-11(12)13(14)9-4-6-17-7-5-9/h2-8,14,16H,1H3. The van der Waals surface area contributed by atoms with Gasteiger partial charge in [-0.05, 0) is 29.8 Å². The van der Waals surface area contributed by atoms with Crippen LogP contribution in [0.4, 0.5) is 11.4 Å². The highest BCUT2D eigenvalue weighted by molar-refractivity contribution is 6.14. The molecule has 19 heavy (non-hydrogen) atoms. The van der Waals surface area contributed by atoms with Crippen LogP contribution in [0.5, 0.6) is 0 Å². The lowest BCUT2D eigenvalue weighted by Crippen LogP contribution is -2.05. The van der Waals surface area contributed by atoms with Crippen LogP contribution in [0.15, 0.2) is 47.8 Å². The Labute approximate surface area is 110 Å². The van der Waals surface area contributed by atoms with E-state index in [2.05, 4.69) is 20.3 Å². The number of hydrogen-bond acceptors (Lipinski definition) is 4. The van der Waals surface area contributed by atoms with Gasteiger partial charge in [-0.2, -0.15) is 0 Å². The van der Waals surface area contributed by atoms with Gasteiger partial charge in [0, 0.05) is 46.9 Å². The number of pyridine rings is 1. The number of nitrogens with zero attached hydrogens (tertiary/aromatic N) is 4. The number of benzene rings is 1. The van der Waals surface area contributed by atoms with Gasteiger partial charge >= 0.3 is 0 Å². The molecule has 0 saturated heterocycles. The minimum absolute atomic E-state index is 0.349. The Hall–Kier alpha value is -2.85. The average Bonchev–Trinajstić information content (AvgIpc) is 2.47. The summed E-state index contributed by atoms with van der Waals surface area (Å²) < 4.78 is 0. The first kappa shape index (κ1) is 12.6. The fourth-order valence-corrected chi connectivity index (χ4v) is 1.75. The predicted octanol–water partition coefficient (Wildman–Crippen LogP) is 3.48. The summed E-state index contributed by atoms with van der Waals surface area (Å²) in [6.07, 6.45) is 3.28. The molecule has 0 atom stereocenters. The van der Waals surface area contributed by atoms with Crippen molar-refractivity contribution in [3.8, 4) is 0 Å². The summed E-state index contributed by atoms with van der Waals surface area (Å²) in [6, 6.07) is 8.71. The number of anilines is 1. The predicted molar refractivity (Wildman–Crippen MR) is 75.0 cm³/mol. The zero-order valence-electron chi connectivity index (χ0n) is 10.3. The molecule has 0 spiro atoms. The Morgan fingerprint density at radius 2 is 2.05 bits per heavy atom. The normalized spacial score (nSPS) is 9.53. The van der Waals surface area contributed by atoms with Crippen molar-refractivity contribution in [2.24, 2.45) is 5.11 Å². The van der Waals surface area contributed by atoms with Crippen LogP contribution in [-0.4, -0.2) is 17.7 Å². The van der Waals surface area contributed by atoms with Crippen molar-refractivity contribution in [1.29, 1.82) is 5.41 Å². The van der Waals surface area contributed by atoms with Crippen LogP contribution in [-0.2, 0) is 0 Å². The van der Waals surface area contributed by atoms with Gasteiger partial charge in [-0.25, -0.2) is 0 Å². The van der Waals surface area contributed by atoms with E-state index in [0.717, 1.165) is 11.3 Å². The van der Waals surface area contributed by atoms with Gasteiger partial charge in [-0.3, -0.25) is 10.4 Å². The van der Waals surface area contributed by atoms with Crippen LogP contribution >= 0.6 is 0 Å². The third-order valence-electron chi connectivity index (χ3n) is 2.67. The van der Waals surface area contributed by atoms with E-state index in [4.69, 9.17) is 10.9 Å². The average molecular weight is 252 g/mol. The molecule has 1 heterocycles. The van der Waals surface area contributed by atoms with Crippen molar-refractivity contribution >= 4 is 17.1 Å². The van der Waals surface area contributed by atoms with Crippen LogP contribution in [0.2, 0.25) is 0 Å². The lowest BCUT2D eigenvalue weighted by molar-refractivity contribution is 1.31. The van der Waals surface area contributed by atoms with Crippen molar-refractivity contribution in [3.05, 3.63) is 64.3 Å². The fourth-order valence-electron chi connectivity index (χ4n) is 1.75. The molecule has 6 heteroatoms. The molecule has 1 aromatic heterocycles. The third-order valence-corrected chi connectivity index (χ3v) is 2.67. The smallest absolute Gasteiger partial charge is 0.0706 e. The number of hydrogen-bond donors (Lipinski definition) is 2. The lowest BCUT2D eigenvalue weighted by atomic mass is 10.0. The molecule has 0 unspecified atom stereocenters. The van der Waals surface area contributed by atoms with Crippen molar-refractivity contribution in [2.45, 2.75) is 0 Å². The van der Waals surface area contributed by atoms with Gasteiger partial charge in [0.2, 0.25) is 0 Å². The molecule has 0 aliphatic rings. The minimum Gasteiger partial charge on any atom is -0.388 e. The quantitative estimate of drug-likeness (QED) is 0.377. The molecule has 2 aromatic rings. The molecular weight excluding hydrogens is 240 g/mol. The molecule has 2 N–H and O–H groups in total. The van der Waals surface area contributed by atoms with Gasteiger partial charge in [-0.1, -0.05) is 11.2 Å². The summed E-state index contributed by atoms with van der Waals surface area (Å²) in [6.45, 7) is 0. The van der Waals surface area contributed by atoms with Gasteiger partial charge in [-0.15, -0.1) is 0 Å². The fraction of sp³-hybridized carbons (Fsp3) is 0.0769. The molecular formula is C13H12N6. The van der Waals surface area contributed by atoms with Gasteiger partial charge in [0.15, 0.2) is 0 Å². The molecule has 0 saturated carbocycles. The first-order valence-electron chi connectivity index (χ1n) is 5.62. The second-order valence-electron chi connectivity index (χ2n) is 3.78. The summed E-state index contributed by atoms with van der Waals surface area (Å²) >= 11 is 0. The minimum atomic E-state index is 0.349. The summed E-state index contributed by atoms with van der Waals surface area (Å²) in [7, 11) is 1.78. The second-order valence-corrected chi connectivity index (χ2v) is 3.78. The van der Waals surface area contributed by atoms with Gasteiger partial charge in [0.1, 0.15) is 0 Å². The molecule has 6 nitrogen and oxygen atoms in total. The van der Waals surface area contributed by atoms with Crippen LogP contribution in [0, 0.1) is 5.41 Å². The molecule has 0 aliphatic heterocycles. The zero-order chi connectivity index (χ0) is 13.7. The highest BCUT2D eigenvalue weighted by Crippen LogP contribution is 2.24. The molecule has 1 aromatic carbocycles. The van der Waals surface area contributed by atoms with Crippen molar-refractivity contribution in [2.75, 3.05) is 12.4 Å². The summed E-state index contributed by atoms with van der Waals surface area (Å²) in [5, 5.41) is 14.8. The Balaban J connectivity index is 2.50. The monoisotopic (exact) mass is 252 g/mol. The lowest BCUT2D eigenvalue weighted by Gasteiger charge is -2.11. The van der Waals surface area contributed by atoms with E-state index in [1.165, 1.54) is 0 Å². The van der Waals surface area contributed by atoms with Gasteiger partial charge in [0.25, 0.3) is 0 Å². The van der Waals surface area contributed by atoms with E-state index < -0.39 is 0 Å². The molecule has 0 amide bonds. The Kier molecular flexibility index (Phi) is 3.75. The Morgan fingerprint density at radius 1 is 1.32 bits per heavy atom. The van der Waals surface area contributed by atoms with E-state index in [9.17, 15) is 0 Å². The zero-order valence-corrected chi connectivity index (χ0v) is 10.3. The van der Waals surface area contributed by atoms with E-state index in [1.807, 2.05) is 0 Å². The maximum atomic E-state index is 8.47. The Bertz CT molecular complexity index is 643. The van der Waals surface area contributed by atoms with Crippen LogP contribution in [0.25, 0.3) is 10.4 Å². The highest BCUT2D eigenvalue weighted by Gasteiger charge is 2.10. The number of azide groups is 1. The molecule has 94 valence electrons. The van der Waals surface area contributed by atoms with Crippen molar-refractivity contribution in [3.63, 3.8) is 0 Å². The molecule has 0 radical (unpaired) electrons. The van der Waals surface area contributed by atoms with Crippen LogP contribution in [0.3, 0.4) is 0 Å².